The van der Waals surface area contributed by atoms with Crippen molar-refractivity contribution in [3.05, 3.63) is 29.6 Å². The van der Waals surface area contributed by atoms with Crippen molar-refractivity contribution in [2.45, 2.75) is 46.3 Å². The summed E-state index contributed by atoms with van der Waals surface area (Å²) >= 11 is 0. The molecular formula is C16H27FN2O. The highest BCUT2D eigenvalue weighted by atomic mass is 19.1. The largest absolute Gasteiger partial charge is 0.383 e. The van der Waals surface area contributed by atoms with Gasteiger partial charge in [0.1, 0.15) is 5.82 Å². The highest BCUT2D eigenvalue weighted by molar-refractivity contribution is 5.50. The van der Waals surface area contributed by atoms with Crippen LogP contribution in [0.5, 0.6) is 0 Å². The number of hydrogen-bond acceptors (Lipinski definition) is 3. The lowest BCUT2D eigenvalue weighted by Gasteiger charge is -2.30. The third kappa shape index (κ3) is 4.76. The maximum atomic E-state index is 14.3. The van der Waals surface area contributed by atoms with E-state index in [9.17, 15) is 4.39 Å². The van der Waals surface area contributed by atoms with Gasteiger partial charge in [0.05, 0.1) is 12.3 Å². The van der Waals surface area contributed by atoms with Gasteiger partial charge >= 0.3 is 0 Å². The molecule has 114 valence electrons. The van der Waals surface area contributed by atoms with Crippen LogP contribution in [-0.4, -0.2) is 32.3 Å². The average Bonchev–Trinajstić information content (AvgIpc) is 2.39. The molecule has 1 unspecified atom stereocenters. The number of benzene rings is 1. The number of rotatable bonds is 8. The highest BCUT2D eigenvalue weighted by Gasteiger charge is 2.16. The first-order valence-corrected chi connectivity index (χ1v) is 7.27. The van der Waals surface area contributed by atoms with Crippen molar-refractivity contribution in [1.29, 1.82) is 0 Å². The van der Waals surface area contributed by atoms with E-state index in [2.05, 4.69) is 19.2 Å². The molecular weight excluding hydrogens is 255 g/mol. The standard InChI is InChI=1S/C16H27FN2O/c1-6-19(13(4)11-20-5)16-8-7-14(9-15(16)17)10-18-12(2)3/h7-9,12-13,18H,6,10-11H2,1-5H3. The van der Waals surface area contributed by atoms with Crippen LogP contribution in [0.4, 0.5) is 10.1 Å². The SMILES string of the molecule is CCN(c1ccc(CNC(C)C)cc1F)C(C)COC. The van der Waals surface area contributed by atoms with E-state index >= 15 is 0 Å². The van der Waals surface area contributed by atoms with Gasteiger partial charge in [-0.25, -0.2) is 4.39 Å². The third-order valence-electron chi connectivity index (χ3n) is 3.32. The molecule has 0 bridgehead atoms. The Morgan fingerprint density at radius 1 is 1.30 bits per heavy atom. The fourth-order valence-corrected chi connectivity index (χ4v) is 2.27. The average molecular weight is 282 g/mol. The van der Waals surface area contributed by atoms with Gasteiger partial charge in [0, 0.05) is 32.3 Å². The van der Waals surface area contributed by atoms with Crippen LogP contribution in [0.1, 0.15) is 33.3 Å². The summed E-state index contributed by atoms with van der Waals surface area (Å²) in [7, 11) is 1.67. The second kappa shape index (κ2) is 8.22. The van der Waals surface area contributed by atoms with Crippen LogP contribution >= 0.6 is 0 Å². The van der Waals surface area contributed by atoms with Gasteiger partial charge in [0.2, 0.25) is 0 Å². The zero-order valence-electron chi connectivity index (χ0n) is 13.2. The third-order valence-corrected chi connectivity index (χ3v) is 3.32. The first kappa shape index (κ1) is 16.9. The van der Waals surface area contributed by atoms with Crippen molar-refractivity contribution in [2.24, 2.45) is 0 Å². The van der Waals surface area contributed by atoms with E-state index in [1.165, 1.54) is 0 Å². The summed E-state index contributed by atoms with van der Waals surface area (Å²) in [5.41, 5.74) is 1.61. The lowest BCUT2D eigenvalue weighted by Crippen LogP contribution is -2.36. The number of methoxy groups -OCH3 is 1. The Bertz CT molecular complexity index is 409. The maximum Gasteiger partial charge on any atom is 0.146 e. The molecule has 0 heterocycles. The van der Waals surface area contributed by atoms with Crippen LogP contribution in [0, 0.1) is 5.82 Å². The molecule has 0 amide bonds. The Kier molecular flexibility index (Phi) is 6.96. The molecule has 3 nitrogen and oxygen atoms in total. The number of anilines is 1. The Morgan fingerprint density at radius 3 is 2.50 bits per heavy atom. The fraction of sp³-hybridized carbons (Fsp3) is 0.625. The zero-order chi connectivity index (χ0) is 15.1. The van der Waals surface area contributed by atoms with Gasteiger partial charge < -0.3 is 15.0 Å². The molecule has 1 rings (SSSR count). The lowest BCUT2D eigenvalue weighted by atomic mass is 10.1. The lowest BCUT2D eigenvalue weighted by molar-refractivity contribution is 0.181. The van der Waals surface area contributed by atoms with Gasteiger partial charge in [-0.1, -0.05) is 19.9 Å². The minimum absolute atomic E-state index is 0.152. The number of halogens is 1. The van der Waals surface area contributed by atoms with Gasteiger partial charge in [-0.3, -0.25) is 0 Å². The summed E-state index contributed by atoms with van der Waals surface area (Å²) < 4.78 is 19.5. The summed E-state index contributed by atoms with van der Waals surface area (Å²) in [6, 6.07) is 6.01. The van der Waals surface area contributed by atoms with Crippen LogP contribution < -0.4 is 10.2 Å². The quantitative estimate of drug-likeness (QED) is 0.792. The molecule has 0 aliphatic carbocycles. The second-order valence-corrected chi connectivity index (χ2v) is 5.41. The van der Waals surface area contributed by atoms with Crippen molar-refractivity contribution in [1.82, 2.24) is 5.32 Å². The smallest absolute Gasteiger partial charge is 0.146 e. The summed E-state index contributed by atoms with van der Waals surface area (Å²) in [5, 5.41) is 3.29. The Hall–Kier alpha value is -1.13. The van der Waals surface area contributed by atoms with Gasteiger partial charge in [-0.05, 0) is 31.5 Å². The predicted molar refractivity (Wildman–Crippen MR) is 82.7 cm³/mol. The summed E-state index contributed by atoms with van der Waals surface area (Å²) in [5.74, 6) is -0.169. The normalized spacial score (nSPS) is 12.8. The first-order valence-electron chi connectivity index (χ1n) is 7.27. The molecule has 0 fully saturated rings. The van der Waals surface area contributed by atoms with E-state index in [1.807, 2.05) is 30.9 Å². The first-order chi connectivity index (χ1) is 9.49. The monoisotopic (exact) mass is 282 g/mol. The van der Waals surface area contributed by atoms with Crippen molar-refractivity contribution >= 4 is 5.69 Å². The highest BCUT2D eigenvalue weighted by Crippen LogP contribution is 2.22. The topological polar surface area (TPSA) is 24.5 Å². The molecule has 0 saturated heterocycles. The van der Waals surface area contributed by atoms with Crippen LogP contribution in [0.25, 0.3) is 0 Å². The molecule has 0 aliphatic heterocycles. The Labute approximate surface area is 122 Å². The molecule has 0 saturated carbocycles. The molecule has 1 N–H and O–H groups in total. The summed E-state index contributed by atoms with van der Waals surface area (Å²) in [6.45, 7) is 10.3. The van der Waals surface area contributed by atoms with Gasteiger partial charge in [0.15, 0.2) is 0 Å². The molecule has 0 radical (unpaired) electrons. The zero-order valence-corrected chi connectivity index (χ0v) is 13.2. The van der Waals surface area contributed by atoms with E-state index in [0.717, 1.165) is 12.1 Å². The van der Waals surface area contributed by atoms with Gasteiger partial charge in [-0.15, -0.1) is 0 Å². The molecule has 4 heteroatoms. The van der Waals surface area contributed by atoms with Crippen LogP contribution in [0.3, 0.4) is 0 Å². The molecule has 1 aromatic rings. The van der Waals surface area contributed by atoms with Crippen LogP contribution in [-0.2, 0) is 11.3 Å². The maximum absolute atomic E-state index is 14.3. The number of nitrogens with one attached hydrogen (secondary N) is 1. The Balaban J connectivity index is 2.84. The minimum Gasteiger partial charge on any atom is -0.383 e. The number of likely N-dealkylation sites (N-methyl/N-ethyl adjacent to an activating group) is 1. The molecule has 1 atom stereocenters. The van der Waals surface area contributed by atoms with E-state index in [1.54, 1.807) is 13.2 Å². The number of hydrogen-bond donors (Lipinski definition) is 1. The second-order valence-electron chi connectivity index (χ2n) is 5.41. The Morgan fingerprint density at radius 2 is 2.00 bits per heavy atom. The number of ether oxygens (including phenoxy) is 1. The van der Waals surface area contributed by atoms with Gasteiger partial charge in [0.25, 0.3) is 0 Å². The van der Waals surface area contributed by atoms with Crippen molar-refractivity contribution in [3.8, 4) is 0 Å². The van der Waals surface area contributed by atoms with E-state index in [4.69, 9.17) is 4.74 Å². The number of nitrogens with zero attached hydrogens (tertiary/aromatic N) is 1. The van der Waals surface area contributed by atoms with Crippen molar-refractivity contribution in [2.75, 3.05) is 25.2 Å². The molecule has 1 aromatic carbocycles. The molecule has 0 aromatic heterocycles. The van der Waals surface area contributed by atoms with Gasteiger partial charge in [-0.2, -0.15) is 0 Å². The predicted octanol–water partition coefficient (Wildman–Crippen LogP) is 3.18. The summed E-state index contributed by atoms with van der Waals surface area (Å²) in [6.07, 6.45) is 0. The minimum atomic E-state index is -0.169. The fourth-order valence-electron chi connectivity index (χ4n) is 2.27. The molecule has 0 aliphatic rings. The van der Waals surface area contributed by atoms with E-state index < -0.39 is 0 Å². The summed E-state index contributed by atoms with van der Waals surface area (Å²) in [4.78, 5) is 2.03. The van der Waals surface area contributed by atoms with E-state index in [-0.39, 0.29) is 11.9 Å². The van der Waals surface area contributed by atoms with Crippen LogP contribution in [0.2, 0.25) is 0 Å². The van der Waals surface area contributed by atoms with Crippen molar-refractivity contribution in [3.63, 3.8) is 0 Å². The molecule has 20 heavy (non-hydrogen) atoms. The van der Waals surface area contributed by atoms with Crippen molar-refractivity contribution < 1.29 is 9.13 Å². The van der Waals surface area contributed by atoms with Crippen LogP contribution in [0.15, 0.2) is 18.2 Å². The molecule has 0 spiro atoms. The van der Waals surface area contributed by atoms with E-state index in [0.29, 0.717) is 24.9 Å².